The molecule has 4 atom stereocenters. The number of carbonyl (C=O) groups is 4. The third-order valence-electron chi connectivity index (χ3n) is 7.54. The quantitative estimate of drug-likeness (QED) is 0.305. The number of hydrogen-bond donors (Lipinski definition) is 3. The summed E-state index contributed by atoms with van der Waals surface area (Å²) < 4.78 is 25.5. The first-order chi connectivity index (χ1) is 20.2. The molecule has 1 aliphatic heterocycles. The first-order valence-electron chi connectivity index (χ1n) is 13.8. The normalized spacial score (nSPS) is 20.5. The van der Waals surface area contributed by atoms with Gasteiger partial charge in [-0.25, -0.2) is 4.39 Å². The maximum Gasteiger partial charge on any atom is 0.247 e. The first kappa shape index (κ1) is 30.9. The molecule has 0 spiro atoms. The van der Waals surface area contributed by atoms with Crippen LogP contribution in [0.4, 0.5) is 4.39 Å². The number of aliphatic hydroxyl groups is 2. The Morgan fingerprint density at radius 2 is 1.98 bits per heavy atom. The summed E-state index contributed by atoms with van der Waals surface area (Å²) in [7, 11) is 1.41. The Hall–Kier alpha value is -4.09. The van der Waals surface area contributed by atoms with Gasteiger partial charge in [0.25, 0.3) is 0 Å². The predicted molar refractivity (Wildman–Crippen MR) is 150 cm³/mol. The van der Waals surface area contributed by atoms with Gasteiger partial charge in [0.05, 0.1) is 25.7 Å². The molecule has 224 valence electrons. The van der Waals surface area contributed by atoms with Gasteiger partial charge in [-0.3, -0.25) is 14.4 Å². The van der Waals surface area contributed by atoms with Crippen molar-refractivity contribution in [2.75, 3.05) is 26.8 Å². The number of ketones is 1. The molecule has 42 heavy (non-hydrogen) atoms. The minimum Gasteiger partial charge on any atom is -0.493 e. The lowest BCUT2D eigenvalue weighted by Crippen LogP contribution is -2.56. The van der Waals surface area contributed by atoms with Gasteiger partial charge in [-0.05, 0) is 55.7 Å². The fourth-order valence-corrected chi connectivity index (χ4v) is 5.57. The number of aldehydes is 1. The van der Waals surface area contributed by atoms with E-state index in [-0.39, 0.29) is 67.7 Å². The lowest BCUT2D eigenvalue weighted by molar-refractivity contribution is -0.137. The highest BCUT2D eigenvalue weighted by molar-refractivity contribution is 5.96. The zero-order valence-corrected chi connectivity index (χ0v) is 23.5. The molecule has 0 aromatic heterocycles. The second kappa shape index (κ2) is 13.7. The molecule has 0 bridgehead atoms. The summed E-state index contributed by atoms with van der Waals surface area (Å²) in [5.74, 6) is -1.62. The highest BCUT2D eigenvalue weighted by atomic mass is 19.1. The van der Waals surface area contributed by atoms with E-state index < -0.39 is 35.9 Å². The maximum absolute atomic E-state index is 13.9. The van der Waals surface area contributed by atoms with Crippen LogP contribution in [-0.4, -0.2) is 84.1 Å². The van der Waals surface area contributed by atoms with E-state index in [0.29, 0.717) is 29.4 Å². The smallest absolute Gasteiger partial charge is 0.247 e. The molecule has 2 aromatic carbocycles. The number of benzene rings is 2. The summed E-state index contributed by atoms with van der Waals surface area (Å²) in [6, 6.07) is 8.03. The van der Waals surface area contributed by atoms with Gasteiger partial charge in [-0.15, -0.1) is 0 Å². The zero-order valence-electron chi connectivity index (χ0n) is 23.5. The number of rotatable bonds is 13. The number of nitrogens with zero attached hydrogens (tertiary/aromatic N) is 1. The molecule has 3 N–H and O–H groups in total. The van der Waals surface area contributed by atoms with Crippen molar-refractivity contribution in [3.63, 3.8) is 0 Å². The summed E-state index contributed by atoms with van der Waals surface area (Å²) >= 11 is 0. The number of amides is 2. The average molecular weight is 583 g/mol. The van der Waals surface area contributed by atoms with E-state index in [0.717, 1.165) is 0 Å². The summed E-state index contributed by atoms with van der Waals surface area (Å²) in [6.45, 7) is 1.20. The van der Waals surface area contributed by atoms with Crippen molar-refractivity contribution in [3.8, 4) is 11.5 Å². The van der Waals surface area contributed by atoms with Crippen molar-refractivity contribution in [2.24, 2.45) is 0 Å². The molecule has 2 aliphatic rings. The zero-order chi connectivity index (χ0) is 30.4. The van der Waals surface area contributed by atoms with Gasteiger partial charge >= 0.3 is 0 Å². The lowest BCUT2D eigenvalue weighted by Gasteiger charge is -2.41. The molecular formula is C31H35FN2O8. The van der Waals surface area contributed by atoms with Gasteiger partial charge in [0.2, 0.25) is 11.8 Å². The molecule has 0 unspecified atom stereocenters. The number of fused-ring (bicyclic) bond motifs is 3. The molecule has 0 fully saturated rings. The van der Waals surface area contributed by atoms with E-state index in [9.17, 15) is 33.8 Å². The van der Waals surface area contributed by atoms with Gasteiger partial charge in [0.15, 0.2) is 11.5 Å². The van der Waals surface area contributed by atoms with Gasteiger partial charge in [0, 0.05) is 42.6 Å². The Bertz CT molecular complexity index is 1380. The Labute approximate surface area is 243 Å². The lowest BCUT2D eigenvalue weighted by atomic mass is 9.77. The predicted octanol–water partition coefficient (Wildman–Crippen LogP) is 2.10. The van der Waals surface area contributed by atoms with Crippen LogP contribution >= 0.6 is 0 Å². The molecule has 2 amide bonds. The number of hydrogen-bond acceptors (Lipinski definition) is 8. The molecule has 4 rings (SSSR count). The molecule has 0 radical (unpaired) electrons. The SMILES string of the molecule is COc1cc(C=O)cc2c1O[C@@H]1[C@@H](O)[C@H](N(CCc3cccc(F)c3)C(=O)CCCC(C)=O)C=C(C(=O)NCCO)[C@H]21. The monoisotopic (exact) mass is 582 g/mol. The van der Waals surface area contributed by atoms with E-state index in [1.54, 1.807) is 18.2 Å². The minimum atomic E-state index is -1.30. The van der Waals surface area contributed by atoms with Crippen LogP contribution in [0.15, 0.2) is 48.0 Å². The van der Waals surface area contributed by atoms with Crippen LogP contribution in [0.5, 0.6) is 11.5 Å². The van der Waals surface area contributed by atoms with Crippen LogP contribution < -0.4 is 14.8 Å². The standard InChI is InChI=1S/C31H35FN2O8/c1-18(37)5-3-8-26(38)34(11-9-19-6-4-7-21(32)13-19)24-16-23(31(40)33-10-12-35)27-22-14-20(17-36)15-25(41-2)29(22)42-30(27)28(24)39/h4,6-7,13-17,24,27-28,30,35,39H,3,5,8-12H2,1-2H3,(H,33,40)/t24-,27+,28+,30+/m1/s1. The molecule has 10 nitrogen and oxygen atoms in total. The Morgan fingerprint density at radius 3 is 2.64 bits per heavy atom. The van der Waals surface area contributed by atoms with E-state index in [2.05, 4.69) is 5.32 Å². The molecule has 1 aliphatic carbocycles. The second-order valence-corrected chi connectivity index (χ2v) is 10.4. The highest BCUT2D eigenvalue weighted by Gasteiger charge is 2.51. The Balaban J connectivity index is 1.75. The molecule has 0 saturated carbocycles. The summed E-state index contributed by atoms with van der Waals surface area (Å²) in [5, 5.41) is 23.6. The average Bonchev–Trinajstić information content (AvgIpc) is 3.36. The largest absolute Gasteiger partial charge is 0.493 e. The van der Waals surface area contributed by atoms with Crippen LogP contribution in [0.2, 0.25) is 0 Å². The topological polar surface area (TPSA) is 142 Å². The molecule has 1 heterocycles. The van der Waals surface area contributed by atoms with Crippen LogP contribution in [0.3, 0.4) is 0 Å². The molecule has 11 heteroatoms. The van der Waals surface area contributed by atoms with Crippen molar-refractivity contribution < 1.29 is 43.3 Å². The Kier molecular flexibility index (Phi) is 10.1. The number of ether oxygens (including phenoxy) is 2. The van der Waals surface area contributed by atoms with E-state index in [1.807, 2.05) is 0 Å². The van der Waals surface area contributed by atoms with Crippen molar-refractivity contribution in [3.05, 3.63) is 70.6 Å². The number of carbonyl (C=O) groups excluding carboxylic acids is 4. The van der Waals surface area contributed by atoms with Gasteiger partial charge in [-0.2, -0.15) is 0 Å². The summed E-state index contributed by atoms with van der Waals surface area (Å²) in [6.07, 6.45) is 0.659. The van der Waals surface area contributed by atoms with E-state index >= 15 is 0 Å². The maximum atomic E-state index is 13.9. The first-order valence-corrected chi connectivity index (χ1v) is 13.8. The summed E-state index contributed by atoms with van der Waals surface area (Å²) in [4.78, 5) is 51.6. The van der Waals surface area contributed by atoms with Gasteiger partial charge in [0.1, 0.15) is 30.1 Å². The van der Waals surface area contributed by atoms with E-state index in [1.165, 1.54) is 43.2 Å². The molecule has 0 saturated heterocycles. The number of halogens is 1. The molecular weight excluding hydrogens is 547 g/mol. The third-order valence-corrected chi connectivity index (χ3v) is 7.54. The fourth-order valence-electron chi connectivity index (χ4n) is 5.57. The van der Waals surface area contributed by atoms with Gasteiger partial charge in [-0.1, -0.05) is 12.1 Å². The van der Waals surface area contributed by atoms with Crippen molar-refractivity contribution >= 4 is 23.9 Å². The number of nitrogens with one attached hydrogen (secondary N) is 1. The second-order valence-electron chi connectivity index (χ2n) is 10.4. The third kappa shape index (κ3) is 6.69. The van der Waals surface area contributed by atoms with Crippen LogP contribution in [0.1, 0.15) is 53.6 Å². The van der Waals surface area contributed by atoms with Crippen molar-refractivity contribution in [1.82, 2.24) is 10.2 Å². The number of Topliss-reactive ketones (excluding diaryl/α,β-unsaturated/α-hetero) is 1. The fraction of sp³-hybridized carbons (Fsp3) is 0.419. The molecule has 2 aromatic rings. The number of aliphatic hydroxyl groups excluding tert-OH is 2. The Morgan fingerprint density at radius 1 is 1.19 bits per heavy atom. The summed E-state index contributed by atoms with van der Waals surface area (Å²) in [5.41, 5.74) is 1.60. The minimum absolute atomic E-state index is 0.0253. The van der Waals surface area contributed by atoms with Crippen LogP contribution in [0.25, 0.3) is 0 Å². The van der Waals surface area contributed by atoms with Crippen molar-refractivity contribution in [2.45, 2.75) is 56.8 Å². The van der Waals surface area contributed by atoms with Crippen LogP contribution in [-0.2, 0) is 20.8 Å². The number of methoxy groups -OCH3 is 1. The van der Waals surface area contributed by atoms with E-state index in [4.69, 9.17) is 9.47 Å². The van der Waals surface area contributed by atoms with Crippen molar-refractivity contribution in [1.29, 1.82) is 0 Å². The highest BCUT2D eigenvalue weighted by Crippen LogP contribution is 2.51. The van der Waals surface area contributed by atoms with Gasteiger partial charge < -0.3 is 34.7 Å². The van der Waals surface area contributed by atoms with Crippen LogP contribution in [0, 0.1) is 5.82 Å².